The number of nitrogens with one attached hydrogen (secondary N) is 1. The van der Waals surface area contributed by atoms with Crippen LogP contribution in [0, 0.1) is 0 Å². The van der Waals surface area contributed by atoms with Crippen molar-refractivity contribution in [3.63, 3.8) is 0 Å². The molecule has 0 saturated heterocycles. The number of allylic oxidation sites excluding steroid dienone is 1. The quantitative estimate of drug-likeness (QED) is 0.688. The molecule has 2 heteroatoms. The van der Waals surface area contributed by atoms with Crippen molar-refractivity contribution < 1.29 is 4.79 Å². The average molecular weight is 259 g/mol. The summed E-state index contributed by atoms with van der Waals surface area (Å²) in [6.45, 7) is 5.09. The first-order valence-corrected chi connectivity index (χ1v) is 7.32. The molecule has 0 aliphatic heterocycles. The van der Waals surface area contributed by atoms with Crippen molar-refractivity contribution in [3.05, 3.63) is 41.5 Å². The third-order valence-electron chi connectivity index (χ3n) is 3.00. The van der Waals surface area contributed by atoms with Gasteiger partial charge in [-0.1, -0.05) is 57.4 Å². The molecule has 19 heavy (non-hydrogen) atoms. The zero-order chi connectivity index (χ0) is 13.9. The summed E-state index contributed by atoms with van der Waals surface area (Å²) in [6, 6.07) is 7.77. The predicted octanol–water partition coefficient (Wildman–Crippen LogP) is 4.42. The lowest BCUT2D eigenvalue weighted by atomic mass is 10.1. The number of unbranched alkanes of at least 4 members (excludes halogenated alkanes) is 3. The number of carbonyl (C=O) groups excluding carboxylic acids is 1. The number of carbonyl (C=O) groups is 1. The minimum Gasteiger partial charge on any atom is -0.352 e. The molecule has 1 N–H and O–H groups in total. The maximum absolute atomic E-state index is 11.9. The SMILES string of the molecule is CCC/C=C/c1ccc(C(=O)NCCCCC)cc1. The monoisotopic (exact) mass is 259 g/mol. The highest BCUT2D eigenvalue weighted by Gasteiger charge is 2.03. The van der Waals surface area contributed by atoms with Crippen LogP contribution in [0.25, 0.3) is 6.08 Å². The molecule has 0 saturated carbocycles. The van der Waals surface area contributed by atoms with Crippen LogP contribution in [0.15, 0.2) is 30.3 Å². The average Bonchev–Trinajstić information content (AvgIpc) is 2.44. The van der Waals surface area contributed by atoms with E-state index in [1.807, 2.05) is 24.3 Å². The molecular weight excluding hydrogens is 234 g/mol. The van der Waals surface area contributed by atoms with E-state index in [1.54, 1.807) is 0 Å². The van der Waals surface area contributed by atoms with Gasteiger partial charge in [0.15, 0.2) is 0 Å². The Morgan fingerprint density at radius 3 is 2.47 bits per heavy atom. The first-order valence-electron chi connectivity index (χ1n) is 7.32. The van der Waals surface area contributed by atoms with Crippen molar-refractivity contribution in [2.45, 2.75) is 46.0 Å². The van der Waals surface area contributed by atoms with Crippen molar-refractivity contribution in [2.75, 3.05) is 6.54 Å². The van der Waals surface area contributed by atoms with Gasteiger partial charge in [0.1, 0.15) is 0 Å². The molecule has 0 spiro atoms. The van der Waals surface area contributed by atoms with Gasteiger partial charge in [0.25, 0.3) is 5.91 Å². The number of amides is 1. The molecule has 0 aromatic heterocycles. The van der Waals surface area contributed by atoms with E-state index in [1.165, 1.54) is 12.8 Å². The van der Waals surface area contributed by atoms with Crippen LogP contribution in [0.5, 0.6) is 0 Å². The molecular formula is C17H25NO. The Labute approximate surface area is 116 Å². The van der Waals surface area contributed by atoms with Gasteiger partial charge in [-0.25, -0.2) is 0 Å². The molecule has 1 aromatic carbocycles. The van der Waals surface area contributed by atoms with Crippen LogP contribution >= 0.6 is 0 Å². The summed E-state index contributed by atoms with van der Waals surface area (Å²) in [5, 5.41) is 2.95. The van der Waals surface area contributed by atoms with Crippen molar-refractivity contribution >= 4 is 12.0 Å². The maximum Gasteiger partial charge on any atom is 0.251 e. The molecule has 0 radical (unpaired) electrons. The zero-order valence-electron chi connectivity index (χ0n) is 12.1. The molecule has 0 aliphatic carbocycles. The summed E-state index contributed by atoms with van der Waals surface area (Å²) in [6.07, 6.45) is 9.93. The van der Waals surface area contributed by atoms with Crippen LogP contribution < -0.4 is 5.32 Å². The summed E-state index contributed by atoms with van der Waals surface area (Å²) >= 11 is 0. The highest BCUT2D eigenvalue weighted by molar-refractivity contribution is 5.94. The van der Waals surface area contributed by atoms with E-state index in [0.29, 0.717) is 0 Å². The van der Waals surface area contributed by atoms with E-state index in [4.69, 9.17) is 0 Å². The highest BCUT2D eigenvalue weighted by Crippen LogP contribution is 2.07. The standard InChI is InChI=1S/C17H25NO/c1-3-5-7-9-15-10-12-16(13-11-15)17(19)18-14-8-6-4-2/h7,9-13H,3-6,8,14H2,1-2H3,(H,18,19)/b9-7+. The van der Waals surface area contributed by atoms with Crippen LogP contribution in [0.3, 0.4) is 0 Å². The normalized spacial score (nSPS) is 10.8. The lowest BCUT2D eigenvalue weighted by Crippen LogP contribution is -2.24. The molecule has 0 atom stereocenters. The first kappa shape index (κ1) is 15.5. The largest absolute Gasteiger partial charge is 0.352 e. The Kier molecular flexibility index (Phi) is 7.64. The zero-order valence-corrected chi connectivity index (χ0v) is 12.1. The molecule has 0 aliphatic rings. The second-order valence-electron chi connectivity index (χ2n) is 4.78. The van der Waals surface area contributed by atoms with Crippen molar-refractivity contribution in [1.82, 2.24) is 5.32 Å². The fraction of sp³-hybridized carbons (Fsp3) is 0.471. The maximum atomic E-state index is 11.9. The van der Waals surface area contributed by atoms with Gasteiger partial charge in [-0.2, -0.15) is 0 Å². The lowest BCUT2D eigenvalue weighted by molar-refractivity contribution is 0.0953. The molecule has 1 amide bonds. The first-order chi connectivity index (χ1) is 9.27. The summed E-state index contributed by atoms with van der Waals surface area (Å²) in [5.41, 5.74) is 1.89. The summed E-state index contributed by atoms with van der Waals surface area (Å²) in [5.74, 6) is 0.0280. The minimum absolute atomic E-state index is 0.0280. The molecule has 1 rings (SSSR count). The predicted molar refractivity (Wildman–Crippen MR) is 82.2 cm³/mol. The van der Waals surface area contributed by atoms with E-state index in [9.17, 15) is 4.79 Å². The van der Waals surface area contributed by atoms with Gasteiger partial charge in [-0.15, -0.1) is 0 Å². The van der Waals surface area contributed by atoms with E-state index < -0.39 is 0 Å². The van der Waals surface area contributed by atoms with Gasteiger partial charge >= 0.3 is 0 Å². The smallest absolute Gasteiger partial charge is 0.251 e. The minimum atomic E-state index is 0.0280. The molecule has 2 nitrogen and oxygen atoms in total. The second kappa shape index (κ2) is 9.37. The Balaban J connectivity index is 2.44. The van der Waals surface area contributed by atoms with Crippen molar-refractivity contribution in [2.24, 2.45) is 0 Å². The number of hydrogen-bond acceptors (Lipinski definition) is 1. The summed E-state index contributed by atoms with van der Waals surface area (Å²) < 4.78 is 0. The van der Waals surface area contributed by atoms with E-state index in [0.717, 1.165) is 36.9 Å². The second-order valence-corrected chi connectivity index (χ2v) is 4.78. The third-order valence-corrected chi connectivity index (χ3v) is 3.00. The Morgan fingerprint density at radius 1 is 1.11 bits per heavy atom. The molecule has 0 bridgehead atoms. The van der Waals surface area contributed by atoms with Gasteiger partial charge in [-0.3, -0.25) is 4.79 Å². The van der Waals surface area contributed by atoms with Crippen LogP contribution in [-0.2, 0) is 0 Å². The van der Waals surface area contributed by atoms with E-state index in [2.05, 4.69) is 31.3 Å². The van der Waals surface area contributed by atoms with Gasteiger partial charge in [0.05, 0.1) is 0 Å². The Hall–Kier alpha value is -1.57. The number of rotatable bonds is 8. The molecule has 1 aromatic rings. The van der Waals surface area contributed by atoms with Crippen LogP contribution in [0.1, 0.15) is 61.9 Å². The summed E-state index contributed by atoms with van der Waals surface area (Å²) in [7, 11) is 0. The van der Waals surface area contributed by atoms with E-state index in [-0.39, 0.29) is 5.91 Å². The Bertz CT molecular complexity index is 392. The van der Waals surface area contributed by atoms with Crippen LogP contribution in [0.2, 0.25) is 0 Å². The number of benzene rings is 1. The van der Waals surface area contributed by atoms with Gasteiger partial charge < -0.3 is 5.32 Å². The fourth-order valence-electron chi connectivity index (χ4n) is 1.81. The van der Waals surface area contributed by atoms with Crippen molar-refractivity contribution in [3.8, 4) is 0 Å². The van der Waals surface area contributed by atoms with Crippen molar-refractivity contribution in [1.29, 1.82) is 0 Å². The summed E-state index contributed by atoms with van der Waals surface area (Å²) in [4.78, 5) is 11.9. The fourth-order valence-corrected chi connectivity index (χ4v) is 1.81. The van der Waals surface area contributed by atoms with Gasteiger partial charge in [0.2, 0.25) is 0 Å². The molecule has 104 valence electrons. The molecule has 0 fully saturated rings. The topological polar surface area (TPSA) is 29.1 Å². The lowest BCUT2D eigenvalue weighted by Gasteiger charge is -2.05. The third kappa shape index (κ3) is 6.23. The van der Waals surface area contributed by atoms with Gasteiger partial charge in [0, 0.05) is 12.1 Å². The number of hydrogen-bond donors (Lipinski definition) is 1. The molecule has 0 heterocycles. The van der Waals surface area contributed by atoms with Crippen LogP contribution in [-0.4, -0.2) is 12.5 Å². The van der Waals surface area contributed by atoms with E-state index >= 15 is 0 Å². The Morgan fingerprint density at radius 2 is 1.84 bits per heavy atom. The van der Waals surface area contributed by atoms with Crippen LogP contribution in [0.4, 0.5) is 0 Å². The highest BCUT2D eigenvalue weighted by atomic mass is 16.1. The molecule has 0 unspecified atom stereocenters. The van der Waals surface area contributed by atoms with Gasteiger partial charge in [-0.05, 0) is 30.5 Å².